The molecule has 130 valence electrons. The molecule has 0 aromatic heterocycles. The highest BCUT2D eigenvalue weighted by atomic mass is 35.5. The number of rotatable bonds is 10. The second-order valence-corrected chi connectivity index (χ2v) is 5.55. The highest BCUT2D eigenvalue weighted by Gasteiger charge is 2.08. The van der Waals surface area contributed by atoms with Gasteiger partial charge < -0.3 is 19.7 Å². The largest absolute Gasteiger partial charge is 0.382 e. The number of aliphatic imine (C=N–C) groups is 1. The Morgan fingerprint density at radius 2 is 2.04 bits per heavy atom. The first-order chi connectivity index (χ1) is 11.2. The van der Waals surface area contributed by atoms with Crippen molar-refractivity contribution in [2.75, 3.05) is 47.1 Å². The van der Waals surface area contributed by atoms with Gasteiger partial charge in [-0.05, 0) is 25.0 Å². The van der Waals surface area contributed by atoms with Gasteiger partial charge in [0.2, 0.25) is 0 Å². The van der Waals surface area contributed by atoms with Crippen LogP contribution >= 0.6 is 11.6 Å². The van der Waals surface area contributed by atoms with Gasteiger partial charge in [0.05, 0.1) is 13.2 Å². The molecule has 0 aliphatic rings. The summed E-state index contributed by atoms with van der Waals surface area (Å²) >= 11 is 6.22. The van der Waals surface area contributed by atoms with E-state index in [9.17, 15) is 0 Å². The van der Waals surface area contributed by atoms with Gasteiger partial charge in [-0.25, -0.2) is 0 Å². The normalized spacial score (nSPS) is 11.6. The third-order valence-corrected chi connectivity index (χ3v) is 3.57. The van der Waals surface area contributed by atoms with E-state index in [-0.39, 0.29) is 0 Å². The summed E-state index contributed by atoms with van der Waals surface area (Å²) in [6.07, 6.45) is 0.887. The zero-order valence-electron chi connectivity index (χ0n) is 14.3. The van der Waals surface area contributed by atoms with E-state index >= 15 is 0 Å². The van der Waals surface area contributed by atoms with Gasteiger partial charge in [-0.1, -0.05) is 29.8 Å². The van der Waals surface area contributed by atoms with E-state index < -0.39 is 0 Å². The molecule has 1 aromatic rings. The van der Waals surface area contributed by atoms with Crippen LogP contribution in [0.4, 0.5) is 0 Å². The predicted molar refractivity (Wildman–Crippen MR) is 96.2 cm³/mol. The fourth-order valence-electron chi connectivity index (χ4n) is 2.02. The summed E-state index contributed by atoms with van der Waals surface area (Å²) in [6.45, 7) is 6.29. The van der Waals surface area contributed by atoms with Crippen LogP contribution in [0.15, 0.2) is 29.3 Å². The maximum atomic E-state index is 6.22. The minimum absolute atomic E-state index is 0.631. The SMILES string of the molecule is CCNC(=NCCCOCCOC)N(C)Cc1ccccc1Cl. The molecular weight excluding hydrogens is 314 g/mol. The van der Waals surface area contributed by atoms with Crippen LogP contribution in [-0.2, 0) is 16.0 Å². The molecule has 5 nitrogen and oxygen atoms in total. The van der Waals surface area contributed by atoms with Crippen molar-refractivity contribution >= 4 is 17.6 Å². The zero-order valence-corrected chi connectivity index (χ0v) is 15.1. The number of nitrogens with one attached hydrogen (secondary N) is 1. The van der Waals surface area contributed by atoms with Crippen molar-refractivity contribution in [3.63, 3.8) is 0 Å². The van der Waals surface area contributed by atoms with Crippen molar-refractivity contribution in [1.29, 1.82) is 0 Å². The lowest BCUT2D eigenvalue weighted by molar-refractivity contribution is 0.0702. The Balaban J connectivity index is 2.45. The van der Waals surface area contributed by atoms with E-state index in [1.807, 2.05) is 31.3 Å². The number of hydrogen-bond donors (Lipinski definition) is 1. The summed E-state index contributed by atoms with van der Waals surface area (Å²) in [5.74, 6) is 0.879. The van der Waals surface area contributed by atoms with Gasteiger partial charge in [0.15, 0.2) is 5.96 Å². The summed E-state index contributed by atoms with van der Waals surface area (Å²) in [5, 5.41) is 4.08. The monoisotopic (exact) mass is 341 g/mol. The lowest BCUT2D eigenvalue weighted by Crippen LogP contribution is -2.38. The summed E-state index contributed by atoms with van der Waals surface area (Å²) in [7, 11) is 3.69. The third kappa shape index (κ3) is 8.21. The fourth-order valence-corrected chi connectivity index (χ4v) is 2.22. The van der Waals surface area contributed by atoms with Gasteiger partial charge in [-0.15, -0.1) is 0 Å². The smallest absolute Gasteiger partial charge is 0.193 e. The Bertz CT molecular complexity index is 469. The number of ether oxygens (including phenoxy) is 2. The van der Waals surface area contributed by atoms with Crippen molar-refractivity contribution in [3.05, 3.63) is 34.9 Å². The predicted octanol–water partition coefficient (Wildman–Crippen LogP) is 2.79. The van der Waals surface area contributed by atoms with Crippen LogP contribution in [0.1, 0.15) is 18.9 Å². The minimum Gasteiger partial charge on any atom is -0.382 e. The van der Waals surface area contributed by atoms with Crippen LogP contribution < -0.4 is 5.32 Å². The second-order valence-electron chi connectivity index (χ2n) is 5.14. The van der Waals surface area contributed by atoms with Crippen LogP contribution in [0.5, 0.6) is 0 Å². The molecule has 0 aliphatic heterocycles. The molecule has 0 saturated heterocycles. The Labute approximate surface area is 144 Å². The molecule has 0 saturated carbocycles. The van der Waals surface area contributed by atoms with Gasteiger partial charge in [-0.3, -0.25) is 4.99 Å². The van der Waals surface area contributed by atoms with E-state index in [1.54, 1.807) is 7.11 Å². The Hall–Kier alpha value is -1.30. The molecule has 1 N–H and O–H groups in total. The van der Waals surface area contributed by atoms with Gasteiger partial charge >= 0.3 is 0 Å². The highest BCUT2D eigenvalue weighted by Crippen LogP contribution is 2.16. The number of guanidine groups is 1. The third-order valence-electron chi connectivity index (χ3n) is 3.20. The number of halogens is 1. The lowest BCUT2D eigenvalue weighted by atomic mass is 10.2. The zero-order chi connectivity index (χ0) is 16.9. The van der Waals surface area contributed by atoms with Crippen LogP contribution in [0.3, 0.4) is 0 Å². The van der Waals surface area contributed by atoms with Crippen molar-refractivity contribution in [1.82, 2.24) is 10.2 Å². The Morgan fingerprint density at radius 3 is 2.74 bits per heavy atom. The maximum Gasteiger partial charge on any atom is 0.193 e. The number of methoxy groups -OCH3 is 1. The topological polar surface area (TPSA) is 46.1 Å². The summed E-state index contributed by atoms with van der Waals surface area (Å²) < 4.78 is 10.4. The molecule has 23 heavy (non-hydrogen) atoms. The molecule has 6 heteroatoms. The molecule has 0 bridgehead atoms. The van der Waals surface area contributed by atoms with Crippen LogP contribution in [0.2, 0.25) is 5.02 Å². The van der Waals surface area contributed by atoms with E-state index in [1.165, 1.54) is 0 Å². The fraction of sp³-hybridized carbons (Fsp3) is 0.588. The van der Waals surface area contributed by atoms with Gasteiger partial charge in [-0.2, -0.15) is 0 Å². The van der Waals surface area contributed by atoms with Gasteiger partial charge in [0.25, 0.3) is 0 Å². The quantitative estimate of drug-likeness (QED) is 0.404. The molecule has 1 rings (SSSR count). The average molecular weight is 342 g/mol. The first-order valence-electron chi connectivity index (χ1n) is 7.98. The molecule has 0 radical (unpaired) electrons. The molecule has 0 aliphatic carbocycles. The molecule has 0 heterocycles. The van der Waals surface area contributed by atoms with Gasteiger partial charge in [0.1, 0.15) is 0 Å². The van der Waals surface area contributed by atoms with Crippen molar-refractivity contribution in [3.8, 4) is 0 Å². The Morgan fingerprint density at radius 1 is 1.26 bits per heavy atom. The summed E-state index contributed by atoms with van der Waals surface area (Å²) in [4.78, 5) is 6.71. The number of nitrogens with zero attached hydrogens (tertiary/aromatic N) is 2. The molecule has 0 atom stereocenters. The lowest BCUT2D eigenvalue weighted by Gasteiger charge is -2.22. The molecule has 1 aromatic carbocycles. The average Bonchev–Trinajstić information content (AvgIpc) is 2.55. The highest BCUT2D eigenvalue weighted by molar-refractivity contribution is 6.31. The van der Waals surface area contributed by atoms with Gasteiger partial charge in [0, 0.05) is 45.4 Å². The first-order valence-corrected chi connectivity index (χ1v) is 8.36. The van der Waals surface area contributed by atoms with E-state index in [0.717, 1.165) is 42.6 Å². The molecule has 0 unspecified atom stereocenters. The Kier molecular flexibility index (Phi) is 10.4. The van der Waals surface area contributed by atoms with Crippen molar-refractivity contribution in [2.45, 2.75) is 19.9 Å². The molecular formula is C17H28ClN3O2. The van der Waals surface area contributed by atoms with E-state index in [0.29, 0.717) is 19.8 Å². The molecule has 0 fully saturated rings. The maximum absolute atomic E-state index is 6.22. The van der Waals surface area contributed by atoms with E-state index in [2.05, 4.69) is 22.1 Å². The first kappa shape index (κ1) is 19.7. The molecule has 0 spiro atoms. The van der Waals surface area contributed by atoms with Crippen LogP contribution in [-0.4, -0.2) is 57.9 Å². The number of hydrogen-bond acceptors (Lipinski definition) is 3. The van der Waals surface area contributed by atoms with E-state index in [4.69, 9.17) is 21.1 Å². The number of benzene rings is 1. The standard InChI is InChI=1S/C17H28ClN3O2/c1-4-19-17(20-10-7-11-23-13-12-22-3)21(2)14-15-8-5-6-9-16(15)18/h5-6,8-9H,4,7,10-14H2,1-3H3,(H,19,20). The van der Waals surface area contributed by atoms with Crippen LogP contribution in [0, 0.1) is 0 Å². The van der Waals surface area contributed by atoms with Crippen molar-refractivity contribution in [2.24, 2.45) is 4.99 Å². The second kappa shape index (κ2) is 12.2. The van der Waals surface area contributed by atoms with Crippen molar-refractivity contribution < 1.29 is 9.47 Å². The van der Waals surface area contributed by atoms with Crippen LogP contribution in [0.25, 0.3) is 0 Å². The summed E-state index contributed by atoms with van der Waals surface area (Å²) in [6, 6.07) is 7.88. The minimum atomic E-state index is 0.631. The summed E-state index contributed by atoms with van der Waals surface area (Å²) in [5.41, 5.74) is 1.09. The molecule has 0 amide bonds.